The Morgan fingerprint density at radius 2 is 1.92 bits per heavy atom. The Labute approximate surface area is 153 Å². The summed E-state index contributed by atoms with van der Waals surface area (Å²) in [7, 11) is 0. The van der Waals surface area contributed by atoms with Crippen LogP contribution in [0.2, 0.25) is 0 Å². The topological polar surface area (TPSA) is 43.4 Å². The lowest BCUT2D eigenvalue weighted by Gasteiger charge is -2.36. The van der Waals surface area contributed by atoms with Crippen LogP contribution in [-0.2, 0) is 20.9 Å². The number of hydrogen-bond acceptors (Lipinski definition) is 3. The second-order valence-electron chi connectivity index (χ2n) is 7.54. The van der Waals surface area contributed by atoms with Gasteiger partial charge in [-0.1, -0.05) is 64.4 Å². The van der Waals surface area contributed by atoms with Gasteiger partial charge in [-0.2, -0.15) is 0 Å². The fraction of sp³-hybridized carbons (Fsp3) is 0.636. The van der Waals surface area contributed by atoms with Crippen LogP contribution in [0.25, 0.3) is 0 Å². The highest BCUT2D eigenvalue weighted by molar-refractivity contribution is 5.81. The van der Waals surface area contributed by atoms with E-state index >= 15 is 0 Å². The summed E-state index contributed by atoms with van der Waals surface area (Å²) in [5, 5.41) is 0. The Morgan fingerprint density at radius 1 is 1.24 bits per heavy atom. The molecule has 140 valence electrons. The van der Waals surface area contributed by atoms with Gasteiger partial charge < -0.3 is 4.74 Å². The molecule has 0 saturated heterocycles. The van der Waals surface area contributed by atoms with Gasteiger partial charge in [0.1, 0.15) is 12.4 Å². The van der Waals surface area contributed by atoms with E-state index in [1.807, 2.05) is 30.3 Å². The monoisotopic (exact) mass is 346 g/mol. The Morgan fingerprint density at radius 3 is 2.48 bits per heavy atom. The summed E-state index contributed by atoms with van der Waals surface area (Å²) in [6, 6.07) is 9.55. The minimum atomic E-state index is 0.365. The van der Waals surface area contributed by atoms with Crippen LogP contribution in [0.1, 0.15) is 65.4 Å². The van der Waals surface area contributed by atoms with Crippen LogP contribution in [0.3, 0.4) is 0 Å². The number of ether oxygens (including phenoxy) is 1. The normalized spacial score (nSPS) is 22.7. The fourth-order valence-electron chi connectivity index (χ4n) is 3.70. The molecule has 25 heavy (non-hydrogen) atoms. The van der Waals surface area contributed by atoms with Crippen LogP contribution in [0, 0.1) is 23.7 Å². The van der Waals surface area contributed by atoms with Crippen LogP contribution in [0.4, 0.5) is 0 Å². The molecule has 1 aromatic carbocycles. The highest BCUT2D eigenvalue weighted by atomic mass is 16.5. The maximum absolute atomic E-state index is 12.0. The average molecular weight is 347 g/mol. The highest BCUT2D eigenvalue weighted by Crippen LogP contribution is 2.39. The van der Waals surface area contributed by atoms with Gasteiger partial charge in [0.25, 0.3) is 6.47 Å². The predicted octanol–water partition coefficient (Wildman–Crippen LogP) is 5.42. The fourth-order valence-corrected chi connectivity index (χ4v) is 3.70. The summed E-state index contributed by atoms with van der Waals surface area (Å²) in [6.45, 7) is 9.80. The zero-order valence-electron chi connectivity index (χ0n) is 16.2. The molecule has 2 rings (SSSR count). The number of Topliss-reactive ketones (excluding diaryl/α,β-unsaturated/α-hetero) is 1. The summed E-state index contributed by atoms with van der Waals surface area (Å²) < 4.78 is 4.54. The lowest BCUT2D eigenvalue weighted by Crippen LogP contribution is -2.33. The van der Waals surface area contributed by atoms with Crippen molar-refractivity contribution in [3.63, 3.8) is 0 Å². The molecule has 0 spiro atoms. The van der Waals surface area contributed by atoms with Crippen LogP contribution in [0.5, 0.6) is 0 Å². The molecule has 0 heterocycles. The number of carbonyl (C=O) groups excluding carboxylic acids is 2. The van der Waals surface area contributed by atoms with E-state index in [2.05, 4.69) is 32.4 Å². The first-order valence-electron chi connectivity index (χ1n) is 9.61. The molecule has 0 bridgehead atoms. The van der Waals surface area contributed by atoms with Crippen molar-refractivity contribution < 1.29 is 14.3 Å². The molecular weight excluding hydrogens is 312 g/mol. The molecule has 1 aliphatic rings. The molecule has 0 amide bonds. The summed E-state index contributed by atoms with van der Waals surface area (Å²) in [4.78, 5) is 21.8. The van der Waals surface area contributed by atoms with E-state index in [9.17, 15) is 9.59 Å². The SMILES string of the molecule is CCCC(=O)C1CCC(C)CC1C(C)C.O=COCc1ccccc1. The van der Waals surface area contributed by atoms with Crippen molar-refractivity contribution in [2.75, 3.05) is 0 Å². The molecule has 3 nitrogen and oxygen atoms in total. The van der Waals surface area contributed by atoms with Gasteiger partial charge >= 0.3 is 0 Å². The maximum atomic E-state index is 12.0. The van der Waals surface area contributed by atoms with Crippen LogP contribution in [0.15, 0.2) is 30.3 Å². The number of ketones is 1. The number of benzene rings is 1. The Balaban J connectivity index is 0.000000271. The van der Waals surface area contributed by atoms with Gasteiger partial charge in [-0.3, -0.25) is 9.59 Å². The summed E-state index contributed by atoms with van der Waals surface area (Å²) >= 11 is 0. The van der Waals surface area contributed by atoms with Crippen molar-refractivity contribution >= 4 is 12.3 Å². The summed E-state index contributed by atoms with van der Waals surface area (Å²) in [5.74, 6) is 3.04. The van der Waals surface area contributed by atoms with Crippen molar-refractivity contribution in [1.82, 2.24) is 0 Å². The molecule has 1 aromatic rings. The van der Waals surface area contributed by atoms with Gasteiger partial charge in [-0.05, 0) is 42.6 Å². The first-order chi connectivity index (χ1) is 12.0. The zero-order chi connectivity index (χ0) is 18.7. The van der Waals surface area contributed by atoms with Gasteiger partial charge in [-0.15, -0.1) is 0 Å². The van der Waals surface area contributed by atoms with Crippen molar-refractivity contribution in [3.8, 4) is 0 Å². The third-order valence-electron chi connectivity index (χ3n) is 5.09. The molecule has 3 unspecified atom stereocenters. The third-order valence-corrected chi connectivity index (χ3v) is 5.09. The molecule has 3 heteroatoms. The zero-order valence-corrected chi connectivity index (χ0v) is 16.2. The quantitative estimate of drug-likeness (QED) is 0.619. The van der Waals surface area contributed by atoms with Gasteiger partial charge in [-0.25, -0.2) is 0 Å². The van der Waals surface area contributed by atoms with E-state index in [4.69, 9.17) is 0 Å². The first-order valence-corrected chi connectivity index (χ1v) is 9.61. The van der Waals surface area contributed by atoms with Crippen molar-refractivity contribution in [2.24, 2.45) is 23.7 Å². The van der Waals surface area contributed by atoms with Crippen LogP contribution < -0.4 is 0 Å². The van der Waals surface area contributed by atoms with Crippen molar-refractivity contribution in [1.29, 1.82) is 0 Å². The number of hydrogen-bond donors (Lipinski definition) is 0. The minimum absolute atomic E-state index is 0.365. The average Bonchev–Trinajstić information content (AvgIpc) is 2.61. The minimum Gasteiger partial charge on any atom is -0.463 e. The molecule has 1 saturated carbocycles. The standard InChI is InChI=1S/C14H26O.C8H8O2/c1-5-6-14(15)12-8-7-11(4)9-13(12)10(2)3;9-7-10-6-8-4-2-1-3-5-8/h10-13H,5-9H2,1-4H3;1-5,7H,6H2. The Bertz CT molecular complexity index is 495. The van der Waals surface area contributed by atoms with Crippen LogP contribution >= 0.6 is 0 Å². The largest absolute Gasteiger partial charge is 0.463 e. The van der Waals surface area contributed by atoms with Gasteiger partial charge in [0, 0.05) is 12.3 Å². The van der Waals surface area contributed by atoms with E-state index in [1.54, 1.807) is 0 Å². The second kappa shape index (κ2) is 11.8. The molecule has 1 aliphatic carbocycles. The molecule has 0 aromatic heterocycles. The van der Waals surface area contributed by atoms with E-state index in [-0.39, 0.29) is 0 Å². The van der Waals surface area contributed by atoms with Gasteiger partial charge in [0.15, 0.2) is 0 Å². The third kappa shape index (κ3) is 7.85. The predicted molar refractivity (Wildman–Crippen MR) is 102 cm³/mol. The second-order valence-corrected chi connectivity index (χ2v) is 7.54. The Hall–Kier alpha value is -1.64. The Kier molecular flexibility index (Phi) is 10.1. The lowest BCUT2D eigenvalue weighted by atomic mass is 9.68. The number of carbonyl (C=O) groups is 2. The molecule has 1 fully saturated rings. The number of rotatable bonds is 7. The first kappa shape index (κ1) is 21.4. The van der Waals surface area contributed by atoms with Gasteiger partial charge in [0.2, 0.25) is 0 Å². The van der Waals surface area contributed by atoms with Gasteiger partial charge in [0.05, 0.1) is 0 Å². The van der Waals surface area contributed by atoms with E-state index in [0.717, 1.165) is 30.7 Å². The smallest absolute Gasteiger partial charge is 0.293 e. The highest BCUT2D eigenvalue weighted by Gasteiger charge is 2.34. The summed E-state index contributed by atoms with van der Waals surface area (Å²) in [5.41, 5.74) is 1.01. The molecule has 0 aliphatic heterocycles. The lowest BCUT2D eigenvalue weighted by molar-refractivity contribution is -0.130. The molecule has 0 N–H and O–H groups in total. The molecule has 3 atom stereocenters. The van der Waals surface area contributed by atoms with Crippen molar-refractivity contribution in [2.45, 2.75) is 66.4 Å². The molecular formula is C22H34O3. The van der Waals surface area contributed by atoms with E-state index in [0.29, 0.717) is 36.6 Å². The molecule has 0 radical (unpaired) electrons. The van der Waals surface area contributed by atoms with Crippen molar-refractivity contribution in [3.05, 3.63) is 35.9 Å². The van der Waals surface area contributed by atoms with Crippen LogP contribution in [-0.4, -0.2) is 12.3 Å². The van der Waals surface area contributed by atoms with E-state index in [1.165, 1.54) is 12.8 Å². The van der Waals surface area contributed by atoms with E-state index < -0.39 is 0 Å². The summed E-state index contributed by atoms with van der Waals surface area (Å²) in [6.07, 6.45) is 5.46. The maximum Gasteiger partial charge on any atom is 0.293 e.